The minimum absolute atomic E-state index is 0.00935. The van der Waals surface area contributed by atoms with Crippen LogP contribution in [0.3, 0.4) is 0 Å². The molecule has 2 N–H and O–H groups in total. The van der Waals surface area contributed by atoms with Crippen LogP contribution in [0, 0.1) is 0 Å². The molecule has 0 atom stereocenters. The van der Waals surface area contributed by atoms with Gasteiger partial charge in [-0.15, -0.1) is 0 Å². The first kappa shape index (κ1) is 17.8. The number of amides is 1. The van der Waals surface area contributed by atoms with Crippen molar-refractivity contribution in [3.63, 3.8) is 0 Å². The number of carbonyl (C=O) groups excluding carboxylic acids is 1. The maximum Gasteiger partial charge on any atom is 0.260 e. The predicted molar refractivity (Wildman–Crippen MR) is 94.0 cm³/mol. The van der Waals surface area contributed by atoms with E-state index in [2.05, 4.69) is 0 Å². The zero-order valence-electron chi connectivity index (χ0n) is 14.0. The second kappa shape index (κ2) is 9.57. The molecule has 2 aromatic rings. The molecule has 0 saturated heterocycles. The Balaban J connectivity index is 1.96. The van der Waals surface area contributed by atoms with E-state index in [1.807, 2.05) is 42.5 Å². The number of rotatable bonds is 9. The van der Waals surface area contributed by atoms with Gasteiger partial charge in [-0.25, -0.2) is 0 Å². The monoisotopic (exact) mass is 328 g/mol. The summed E-state index contributed by atoms with van der Waals surface area (Å²) in [5.41, 5.74) is 6.67. The molecule has 128 valence electrons. The Bertz CT molecular complexity index is 632. The molecule has 0 fully saturated rings. The van der Waals surface area contributed by atoms with Crippen LogP contribution in [0.25, 0.3) is 0 Å². The van der Waals surface area contributed by atoms with E-state index in [1.54, 1.807) is 24.1 Å². The number of hydrogen-bond acceptors (Lipinski definition) is 4. The standard InChI is InChI=1S/C19H24N2O3/c1-23-17-9-5-10-18(13-17)24-15-19(22)21(12-6-11-20)14-16-7-3-2-4-8-16/h2-5,7-10,13H,6,11-12,14-15,20H2,1H3. The quantitative estimate of drug-likeness (QED) is 0.768. The average molecular weight is 328 g/mol. The largest absolute Gasteiger partial charge is 0.497 e. The first-order chi connectivity index (χ1) is 11.7. The molecular weight excluding hydrogens is 304 g/mol. The van der Waals surface area contributed by atoms with E-state index < -0.39 is 0 Å². The van der Waals surface area contributed by atoms with Gasteiger partial charge in [-0.1, -0.05) is 36.4 Å². The zero-order chi connectivity index (χ0) is 17.2. The summed E-state index contributed by atoms with van der Waals surface area (Å²) in [4.78, 5) is 14.3. The van der Waals surface area contributed by atoms with Crippen LogP contribution in [0.4, 0.5) is 0 Å². The molecule has 24 heavy (non-hydrogen) atoms. The van der Waals surface area contributed by atoms with Gasteiger partial charge >= 0.3 is 0 Å². The van der Waals surface area contributed by atoms with Crippen LogP contribution in [0.1, 0.15) is 12.0 Å². The minimum atomic E-state index is -0.0601. The summed E-state index contributed by atoms with van der Waals surface area (Å²) in [6.45, 7) is 1.72. The fourth-order valence-corrected chi connectivity index (χ4v) is 2.31. The van der Waals surface area contributed by atoms with Crippen LogP contribution in [0.5, 0.6) is 11.5 Å². The molecule has 0 bridgehead atoms. The second-order valence-corrected chi connectivity index (χ2v) is 5.41. The van der Waals surface area contributed by atoms with Crippen LogP contribution in [0.2, 0.25) is 0 Å². The third-order valence-electron chi connectivity index (χ3n) is 3.60. The third-order valence-corrected chi connectivity index (χ3v) is 3.60. The predicted octanol–water partition coefficient (Wildman–Crippen LogP) is 2.45. The lowest BCUT2D eigenvalue weighted by molar-refractivity contribution is -0.134. The Labute approximate surface area is 143 Å². The van der Waals surface area contributed by atoms with Crippen molar-refractivity contribution < 1.29 is 14.3 Å². The fraction of sp³-hybridized carbons (Fsp3) is 0.316. The van der Waals surface area contributed by atoms with Crippen molar-refractivity contribution in [1.29, 1.82) is 0 Å². The number of ether oxygens (including phenoxy) is 2. The van der Waals surface area contributed by atoms with E-state index in [4.69, 9.17) is 15.2 Å². The second-order valence-electron chi connectivity index (χ2n) is 5.41. The Morgan fingerprint density at radius 1 is 1.08 bits per heavy atom. The van der Waals surface area contributed by atoms with Crippen molar-refractivity contribution in [3.05, 3.63) is 60.2 Å². The van der Waals surface area contributed by atoms with Crippen LogP contribution >= 0.6 is 0 Å². The lowest BCUT2D eigenvalue weighted by Gasteiger charge is -2.23. The number of carbonyl (C=O) groups is 1. The highest BCUT2D eigenvalue weighted by atomic mass is 16.5. The van der Waals surface area contributed by atoms with Crippen molar-refractivity contribution in [1.82, 2.24) is 4.90 Å². The summed E-state index contributed by atoms with van der Waals surface area (Å²) in [5.74, 6) is 1.25. The summed E-state index contributed by atoms with van der Waals surface area (Å²) in [7, 11) is 1.60. The number of nitrogens with two attached hydrogens (primary N) is 1. The molecule has 0 saturated carbocycles. The molecule has 0 radical (unpaired) electrons. The van der Waals surface area contributed by atoms with Gasteiger partial charge < -0.3 is 20.1 Å². The molecule has 0 unspecified atom stereocenters. The lowest BCUT2D eigenvalue weighted by Crippen LogP contribution is -2.36. The highest BCUT2D eigenvalue weighted by Crippen LogP contribution is 2.19. The molecule has 0 aliphatic carbocycles. The van der Waals surface area contributed by atoms with Gasteiger partial charge in [-0.3, -0.25) is 4.79 Å². The summed E-state index contributed by atoms with van der Waals surface area (Å²) >= 11 is 0. The molecule has 5 heteroatoms. The average Bonchev–Trinajstić information content (AvgIpc) is 2.64. The summed E-state index contributed by atoms with van der Waals surface area (Å²) in [6, 6.07) is 17.1. The van der Waals surface area contributed by atoms with Gasteiger partial charge in [-0.2, -0.15) is 0 Å². The van der Waals surface area contributed by atoms with E-state index in [0.29, 0.717) is 31.1 Å². The van der Waals surface area contributed by atoms with Gasteiger partial charge in [0.25, 0.3) is 5.91 Å². The van der Waals surface area contributed by atoms with Gasteiger partial charge in [0.1, 0.15) is 11.5 Å². The van der Waals surface area contributed by atoms with Gasteiger partial charge in [0.15, 0.2) is 6.61 Å². The SMILES string of the molecule is COc1cccc(OCC(=O)N(CCCN)Cc2ccccc2)c1. The molecular formula is C19H24N2O3. The van der Waals surface area contributed by atoms with E-state index >= 15 is 0 Å². The van der Waals surface area contributed by atoms with Gasteiger partial charge in [0.2, 0.25) is 0 Å². The van der Waals surface area contributed by atoms with E-state index in [0.717, 1.165) is 12.0 Å². The Kier molecular flexibility index (Phi) is 7.11. The molecule has 0 heterocycles. The smallest absolute Gasteiger partial charge is 0.260 e. The molecule has 1 amide bonds. The Morgan fingerprint density at radius 3 is 2.54 bits per heavy atom. The number of methoxy groups -OCH3 is 1. The van der Waals surface area contributed by atoms with Crippen molar-refractivity contribution in [2.24, 2.45) is 5.73 Å². The topological polar surface area (TPSA) is 64.8 Å². The molecule has 0 aromatic heterocycles. The molecule has 0 spiro atoms. The van der Waals surface area contributed by atoms with Crippen LogP contribution in [-0.4, -0.2) is 37.6 Å². The van der Waals surface area contributed by atoms with Gasteiger partial charge in [0.05, 0.1) is 7.11 Å². The number of nitrogens with zero attached hydrogens (tertiary/aromatic N) is 1. The third kappa shape index (κ3) is 5.59. The van der Waals surface area contributed by atoms with E-state index in [-0.39, 0.29) is 12.5 Å². The zero-order valence-corrected chi connectivity index (χ0v) is 14.0. The van der Waals surface area contributed by atoms with Crippen molar-refractivity contribution in [2.75, 3.05) is 26.8 Å². The maximum absolute atomic E-state index is 12.5. The van der Waals surface area contributed by atoms with Crippen molar-refractivity contribution in [3.8, 4) is 11.5 Å². The van der Waals surface area contributed by atoms with Crippen LogP contribution < -0.4 is 15.2 Å². The normalized spacial score (nSPS) is 10.2. The highest BCUT2D eigenvalue weighted by molar-refractivity contribution is 5.77. The van der Waals surface area contributed by atoms with Crippen LogP contribution in [0.15, 0.2) is 54.6 Å². The maximum atomic E-state index is 12.5. The highest BCUT2D eigenvalue weighted by Gasteiger charge is 2.14. The fourth-order valence-electron chi connectivity index (χ4n) is 2.31. The molecule has 0 aliphatic heterocycles. The van der Waals surface area contributed by atoms with Gasteiger partial charge in [0, 0.05) is 19.2 Å². The Morgan fingerprint density at radius 2 is 1.83 bits per heavy atom. The van der Waals surface area contributed by atoms with E-state index in [9.17, 15) is 4.79 Å². The minimum Gasteiger partial charge on any atom is -0.497 e. The van der Waals surface area contributed by atoms with Crippen molar-refractivity contribution >= 4 is 5.91 Å². The summed E-state index contributed by atoms with van der Waals surface area (Å²) in [6.07, 6.45) is 0.762. The molecule has 5 nitrogen and oxygen atoms in total. The van der Waals surface area contributed by atoms with E-state index in [1.165, 1.54) is 0 Å². The summed E-state index contributed by atoms with van der Waals surface area (Å²) < 4.78 is 10.8. The van der Waals surface area contributed by atoms with Crippen molar-refractivity contribution in [2.45, 2.75) is 13.0 Å². The van der Waals surface area contributed by atoms with Crippen LogP contribution in [-0.2, 0) is 11.3 Å². The summed E-state index contributed by atoms with van der Waals surface area (Å²) in [5, 5.41) is 0. The molecule has 2 aromatic carbocycles. The Hall–Kier alpha value is -2.53. The first-order valence-electron chi connectivity index (χ1n) is 8.01. The molecule has 0 aliphatic rings. The number of benzene rings is 2. The van der Waals surface area contributed by atoms with Gasteiger partial charge in [-0.05, 0) is 30.7 Å². The lowest BCUT2D eigenvalue weighted by atomic mass is 10.2. The first-order valence-corrected chi connectivity index (χ1v) is 8.01. The molecule has 2 rings (SSSR count). The number of hydrogen-bond donors (Lipinski definition) is 1.